The van der Waals surface area contributed by atoms with Crippen molar-refractivity contribution >= 4 is 28.6 Å². The van der Waals surface area contributed by atoms with E-state index in [0.717, 1.165) is 46.5 Å². The molecule has 1 aromatic carbocycles. The summed E-state index contributed by atoms with van der Waals surface area (Å²) >= 11 is 0. The first kappa shape index (κ1) is 17.3. The van der Waals surface area contributed by atoms with E-state index >= 15 is 0 Å². The van der Waals surface area contributed by atoms with Crippen molar-refractivity contribution in [3.8, 4) is 0 Å². The molecule has 1 aliphatic heterocycles. The van der Waals surface area contributed by atoms with Gasteiger partial charge >= 0.3 is 6.03 Å². The van der Waals surface area contributed by atoms with Gasteiger partial charge in [0.15, 0.2) is 5.65 Å². The van der Waals surface area contributed by atoms with Gasteiger partial charge in [-0.3, -0.25) is 5.10 Å². The monoisotopic (exact) mass is 365 g/mol. The van der Waals surface area contributed by atoms with Gasteiger partial charge in [-0.2, -0.15) is 5.10 Å². The zero-order valence-electron chi connectivity index (χ0n) is 15.5. The summed E-state index contributed by atoms with van der Waals surface area (Å²) < 4.78 is 0. The summed E-state index contributed by atoms with van der Waals surface area (Å²) in [6.07, 6.45) is 4.98. The molecule has 140 valence electrons. The van der Waals surface area contributed by atoms with Crippen LogP contribution in [0.3, 0.4) is 0 Å². The third kappa shape index (κ3) is 3.55. The molecule has 0 radical (unpaired) electrons. The number of nitrogens with one attached hydrogen (secondary N) is 3. The van der Waals surface area contributed by atoms with Gasteiger partial charge in [-0.05, 0) is 37.8 Å². The van der Waals surface area contributed by atoms with Crippen LogP contribution in [0.4, 0.5) is 16.3 Å². The minimum Gasteiger partial charge on any atom is -0.366 e. The lowest BCUT2D eigenvalue weighted by Crippen LogP contribution is -2.44. The maximum atomic E-state index is 12.6. The number of rotatable bonds is 3. The number of carbonyl (C=O) groups is 1. The summed E-state index contributed by atoms with van der Waals surface area (Å²) in [5.74, 6) is 0.784. The van der Waals surface area contributed by atoms with Gasteiger partial charge in [-0.1, -0.05) is 18.2 Å². The summed E-state index contributed by atoms with van der Waals surface area (Å²) in [6, 6.07) is 6.25. The van der Waals surface area contributed by atoms with Crippen molar-refractivity contribution in [1.82, 2.24) is 25.1 Å². The fourth-order valence-corrected chi connectivity index (χ4v) is 3.50. The van der Waals surface area contributed by atoms with Crippen LogP contribution in [0.1, 0.15) is 24.0 Å². The first-order valence-corrected chi connectivity index (χ1v) is 9.14. The van der Waals surface area contributed by atoms with Crippen LogP contribution in [0.5, 0.6) is 0 Å². The number of fused-ring (bicyclic) bond motifs is 1. The van der Waals surface area contributed by atoms with E-state index in [0.29, 0.717) is 13.1 Å². The number of benzene rings is 1. The SMILES string of the molecule is Cc1cccc(C)c1NC(=O)N1CCC(Nc2ncnc3[nH]ncc23)CC1. The van der Waals surface area contributed by atoms with Gasteiger partial charge in [0.05, 0.1) is 11.6 Å². The number of hydrogen-bond donors (Lipinski definition) is 3. The number of aromatic amines is 1. The highest BCUT2D eigenvalue weighted by Crippen LogP contribution is 2.23. The molecule has 2 amide bonds. The lowest BCUT2D eigenvalue weighted by molar-refractivity contribution is 0.197. The molecule has 0 unspecified atom stereocenters. The Morgan fingerprint density at radius 3 is 2.67 bits per heavy atom. The van der Waals surface area contributed by atoms with E-state index in [1.54, 1.807) is 6.20 Å². The molecular formula is C19H23N7O. The van der Waals surface area contributed by atoms with Crippen LogP contribution < -0.4 is 10.6 Å². The van der Waals surface area contributed by atoms with E-state index in [-0.39, 0.29) is 12.1 Å². The zero-order valence-corrected chi connectivity index (χ0v) is 15.5. The Balaban J connectivity index is 1.36. The summed E-state index contributed by atoms with van der Waals surface area (Å²) in [6.45, 7) is 5.43. The number of para-hydroxylation sites is 1. The number of hydrogen-bond acceptors (Lipinski definition) is 5. The van der Waals surface area contributed by atoms with Gasteiger partial charge in [-0.25, -0.2) is 14.8 Å². The average Bonchev–Trinajstić information content (AvgIpc) is 3.15. The molecule has 1 fully saturated rings. The Bertz CT molecular complexity index is 939. The standard InChI is InChI=1S/C19H23N7O/c1-12-4-3-5-13(2)16(12)24-19(27)26-8-6-14(7-9-26)23-17-15-10-22-25-18(15)21-11-20-17/h3-5,10-11,14H,6-9H2,1-2H3,(H,24,27)(H2,20,21,22,23,25). The van der Waals surface area contributed by atoms with Crippen molar-refractivity contribution in [3.05, 3.63) is 41.9 Å². The average molecular weight is 365 g/mol. The number of H-pyrrole nitrogens is 1. The van der Waals surface area contributed by atoms with Gasteiger partial charge in [0.1, 0.15) is 12.1 Å². The third-order valence-electron chi connectivity index (χ3n) is 5.08. The Kier molecular flexibility index (Phi) is 4.62. The van der Waals surface area contributed by atoms with Crippen LogP contribution in [-0.4, -0.2) is 50.2 Å². The lowest BCUT2D eigenvalue weighted by atomic mass is 10.1. The first-order valence-electron chi connectivity index (χ1n) is 9.14. The van der Waals surface area contributed by atoms with E-state index in [1.165, 1.54) is 6.33 Å². The van der Waals surface area contributed by atoms with Crippen molar-refractivity contribution in [1.29, 1.82) is 0 Å². The fourth-order valence-electron chi connectivity index (χ4n) is 3.50. The number of carbonyl (C=O) groups excluding carboxylic acids is 1. The molecule has 2 aromatic heterocycles. The van der Waals surface area contributed by atoms with Crippen LogP contribution in [0.2, 0.25) is 0 Å². The topological polar surface area (TPSA) is 98.8 Å². The largest absolute Gasteiger partial charge is 0.366 e. The molecule has 1 saturated heterocycles. The number of amides is 2. The molecule has 3 aromatic rings. The van der Waals surface area contributed by atoms with E-state index in [9.17, 15) is 4.79 Å². The second-order valence-electron chi connectivity index (χ2n) is 6.96. The molecule has 4 rings (SSSR count). The van der Waals surface area contributed by atoms with Gasteiger partial charge < -0.3 is 15.5 Å². The number of piperidine rings is 1. The molecule has 8 heteroatoms. The highest BCUT2D eigenvalue weighted by Gasteiger charge is 2.24. The quantitative estimate of drug-likeness (QED) is 0.662. The van der Waals surface area contributed by atoms with E-state index in [4.69, 9.17) is 0 Å². The number of nitrogens with zero attached hydrogens (tertiary/aromatic N) is 4. The van der Waals surface area contributed by atoms with Crippen LogP contribution in [-0.2, 0) is 0 Å². The van der Waals surface area contributed by atoms with Crippen LogP contribution >= 0.6 is 0 Å². The molecule has 3 heterocycles. The number of aromatic nitrogens is 4. The maximum absolute atomic E-state index is 12.6. The zero-order chi connectivity index (χ0) is 18.8. The number of likely N-dealkylation sites (tertiary alicyclic amines) is 1. The minimum atomic E-state index is -0.0369. The van der Waals surface area contributed by atoms with Crippen LogP contribution in [0.25, 0.3) is 11.0 Å². The smallest absolute Gasteiger partial charge is 0.321 e. The van der Waals surface area contributed by atoms with Gasteiger partial charge in [0, 0.05) is 24.8 Å². The predicted molar refractivity (Wildman–Crippen MR) is 105 cm³/mol. The number of aryl methyl sites for hydroxylation is 2. The van der Waals surface area contributed by atoms with E-state index in [1.807, 2.05) is 36.9 Å². The van der Waals surface area contributed by atoms with E-state index < -0.39 is 0 Å². The predicted octanol–water partition coefficient (Wildman–Crippen LogP) is 3.08. The Hall–Kier alpha value is -3.16. The molecule has 0 saturated carbocycles. The van der Waals surface area contributed by atoms with Crippen molar-refractivity contribution < 1.29 is 4.79 Å². The number of urea groups is 1. The number of anilines is 2. The van der Waals surface area contributed by atoms with Crippen molar-refractivity contribution in [2.24, 2.45) is 0 Å². The van der Waals surface area contributed by atoms with Gasteiger partial charge in [0.2, 0.25) is 0 Å². The second kappa shape index (κ2) is 7.22. The highest BCUT2D eigenvalue weighted by atomic mass is 16.2. The summed E-state index contributed by atoms with van der Waals surface area (Å²) in [7, 11) is 0. The third-order valence-corrected chi connectivity index (χ3v) is 5.08. The normalized spacial score (nSPS) is 15.1. The Labute approximate surface area is 157 Å². The lowest BCUT2D eigenvalue weighted by Gasteiger charge is -2.33. The van der Waals surface area contributed by atoms with Crippen LogP contribution in [0.15, 0.2) is 30.7 Å². The summed E-state index contributed by atoms with van der Waals surface area (Å²) in [4.78, 5) is 23.0. The van der Waals surface area contributed by atoms with E-state index in [2.05, 4.69) is 30.8 Å². The summed E-state index contributed by atoms with van der Waals surface area (Å²) in [5, 5.41) is 14.3. The maximum Gasteiger partial charge on any atom is 0.321 e. The Morgan fingerprint density at radius 2 is 1.93 bits per heavy atom. The molecule has 0 aliphatic carbocycles. The molecule has 0 spiro atoms. The van der Waals surface area contributed by atoms with Crippen molar-refractivity contribution in [2.75, 3.05) is 23.7 Å². The van der Waals surface area contributed by atoms with Crippen molar-refractivity contribution in [3.63, 3.8) is 0 Å². The molecule has 0 bridgehead atoms. The molecular weight excluding hydrogens is 342 g/mol. The first-order chi connectivity index (χ1) is 13.1. The minimum absolute atomic E-state index is 0.0369. The highest BCUT2D eigenvalue weighted by molar-refractivity contribution is 5.91. The van der Waals surface area contributed by atoms with Gasteiger partial charge in [0.25, 0.3) is 0 Å². The van der Waals surface area contributed by atoms with Crippen LogP contribution in [0, 0.1) is 13.8 Å². The molecule has 0 atom stereocenters. The Morgan fingerprint density at radius 1 is 1.19 bits per heavy atom. The molecule has 1 aliphatic rings. The second-order valence-corrected chi connectivity index (χ2v) is 6.96. The van der Waals surface area contributed by atoms with Crippen molar-refractivity contribution in [2.45, 2.75) is 32.7 Å². The fraction of sp³-hybridized carbons (Fsp3) is 0.368. The summed E-state index contributed by atoms with van der Waals surface area (Å²) in [5.41, 5.74) is 3.78. The molecule has 3 N–H and O–H groups in total. The van der Waals surface area contributed by atoms with Gasteiger partial charge in [-0.15, -0.1) is 0 Å². The molecule has 8 nitrogen and oxygen atoms in total. The molecule has 27 heavy (non-hydrogen) atoms.